The molecule has 1 aliphatic heterocycles. The molecule has 330 valence electrons. The molecular formula is C40H71NO15Si. The molecular weight excluding hydrogens is 763 g/mol. The summed E-state index contributed by atoms with van der Waals surface area (Å²) in [5, 5.41) is 0.209. The van der Waals surface area contributed by atoms with Crippen molar-refractivity contribution >= 4 is 20.1 Å². The third kappa shape index (κ3) is 24.7. The first kappa shape index (κ1) is 51.2. The number of carbonyl (C=O) groups is 2. The fourth-order valence-electron chi connectivity index (χ4n) is 4.69. The molecule has 0 aliphatic carbocycles. The van der Waals surface area contributed by atoms with Gasteiger partial charge in [0.25, 0.3) is 11.8 Å². The molecule has 0 fully saturated rings. The predicted molar refractivity (Wildman–Crippen MR) is 215 cm³/mol. The average molecular weight is 834 g/mol. The van der Waals surface area contributed by atoms with E-state index in [4.69, 9.17) is 61.3 Å². The number of imide groups is 1. The smallest absolute Gasteiger partial charge is 0.261 e. The molecule has 0 saturated carbocycles. The molecule has 2 amide bonds. The predicted octanol–water partition coefficient (Wildman–Crippen LogP) is 3.50. The van der Waals surface area contributed by atoms with Crippen molar-refractivity contribution in [2.45, 2.75) is 38.9 Å². The lowest BCUT2D eigenvalue weighted by molar-refractivity contribution is -0.0286. The van der Waals surface area contributed by atoms with Gasteiger partial charge in [0.2, 0.25) is 0 Å². The van der Waals surface area contributed by atoms with Crippen LogP contribution in [0.2, 0.25) is 18.1 Å². The van der Waals surface area contributed by atoms with Gasteiger partial charge in [0.1, 0.15) is 0 Å². The van der Waals surface area contributed by atoms with Gasteiger partial charge in [0, 0.05) is 0 Å². The van der Waals surface area contributed by atoms with Crippen LogP contribution in [-0.2, 0) is 61.3 Å². The highest BCUT2D eigenvalue weighted by Crippen LogP contribution is 2.36. The standard InChI is InChI=1S/C40H71NO15Si/c1-40(2,3)57(4,5)56-35-34-55-33-32-54-31-30-53-29-28-52-27-26-51-25-24-50-23-22-49-21-20-48-19-18-47-17-16-46-15-14-45-13-12-44-11-10-41-38(42)36-8-6-7-9-37(36)39(41)43/h6-9H,10-35H2,1-5H3. The highest BCUT2D eigenvalue weighted by atomic mass is 28.4. The zero-order chi connectivity index (χ0) is 41.3. The van der Waals surface area contributed by atoms with Crippen LogP contribution in [0.25, 0.3) is 0 Å². The van der Waals surface area contributed by atoms with Crippen molar-refractivity contribution in [1.29, 1.82) is 0 Å². The molecule has 2 rings (SSSR count). The van der Waals surface area contributed by atoms with Crippen LogP contribution in [0.15, 0.2) is 24.3 Å². The highest BCUT2D eigenvalue weighted by Gasteiger charge is 2.37. The summed E-state index contributed by atoms with van der Waals surface area (Å²) < 4.78 is 72.2. The second-order valence-electron chi connectivity index (χ2n) is 14.3. The van der Waals surface area contributed by atoms with Crippen LogP contribution >= 0.6 is 0 Å². The van der Waals surface area contributed by atoms with Crippen LogP contribution in [0, 0.1) is 0 Å². The number of nitrogens with zero attached hydrogens (tertiary/aromatic N) is 1. The Morgan fingerprint density at radius 3 is 0.877 bits per heavy atom. The normalized spacial score (nSPS) is 13.3. The largest absolute Gasteiger partial charge is 0.414 e. The van der Waals surface area contributed by atoms with Gasteiger partial charge in [-0.3, -0.25) is 14.5 Å². The molecule has 0 unspecified atom stereocenters. The first-order valence-corrected chi connectivity index (χ1v) is 23.1. The first-order chi connectivity index (χ1) is 27.6. The summed E-state index contributed by atoms with van der Waals surface area (Å²) in [6.07, 6.45) is 0. The molecule has 16 nitrogen and oxygen atoms in total. The Labute approximate surface area is 341 Å². The average Bonchev–Trinajstić information content (AvgIpc) is 3.43. The summed E-state index contributed by atoms with van der Waals surface area (Å²) in [6, 6.07) is 6.82. The van der Waals surface area contributed by atoms with Gasteiger partial charge < -0.3 is 61.3 Å². The minimum atomic E-state index is -1.71. The lowest BCUT2D eigenvalue weighted by Gasteiger charge is -2.36. The molecule has 0 bridgehead atoms. The van der Waals surface area contributed by atoms with E-state index >= 15 is 0 Å². The van der Waals surface area contributed by atoms with Crippen LogP contribution < -0.4 is 0 Å². The van der Waals surface area contributed by atoms with Crippen LogP contribution in [0.3, 0.4) is 0 Å². The third-order valence-electron chi connectivity index (χ3n) is 8.93. The van der Waals surface area contributed by atoms with E-state index in [1.807, 2.05) is 0 Å². The molecule has 17 heteroatoms. The van der Waals surface area contributed by atoms with Crippen molar-refractivity contribution < 1.29 is 70.9 Å². The Kier molecular flexibility index (Phi) is 29.5. The monoisotopic (exact) mass is 833 g/mol. The summed E-state index contributed by atoms with van der Waals surface area (Å²) in [6.45, 7) is 23.4. The van der Waals surface area contributed by atoms with E-state index < -0.39 is 8.32 Å². The number of hydrogen-bond acceptors (Lipinski definition) is 15. The van der Waals surface area contributed by atoms with Gasteiger partial charge in [0.15, 0.2) is 8.32 Å². The molecule has 0 aromatic heterocycles. The molecule has 1 heterocycles. The maximum atomic E-state index is 12.3. The SMILES string of the molecule is CC(C)(C)[Si](C)(C)OCCOCCOCCOCCOCCOCCOCCOCCOCCOCCOCCOCCOCCN1C(=O)c2ccccc2C1=O. The fraction of sp³-hybridized carbons (Fsp3) is 0.800. The molecule has 0 atom stereocenters. The maximum absolute atomic E-state index is 12.3. The fourth-order valence-corrected chi connectivity index (χ4v) is 5.72. The summed E-state index contributed by atoms with van der Waals surface area (Å²) in [4.78, 5) is 25.9. The van der Waals surface area contributed by atoms with Gasteiger partial charge in [-0.15, -0.1) is 0 Å². The molecule has 57 heavy (non-hydrogen) atoms. The lowest BCUT2D eigenvalue weighted by atomic mass is 10.1. The van der Waals surface area contributed by atoms with Gasteiger partial charge in [-0.05, 0) is 30.3 Å². The van der Waals surface area contributed by atoms with E-state index in [9.17, 15) is 9.59 Å². The van der Waals surface area contributed by atoms with Gasteiger partial charge in [-0.2, -0.15) is 0 Å². The van der Waals surface area contributed by atoms with Crippen molar-refractivity contribution in [3.63, 3.8) is 0 Å². The number of fused-ring (bicyclic) bond motifs is 1. The summed E-state index contributed by atoms with van der Waals surface area (Å²) in [5.41, 5.74) is 0.881. The Balaban J connectivity index is 1.16. The number of amides is 2. The van der Waals surface area contributed by atoms with Gasteiger partial charge in [-0.25, -0.2) is 0 Å². The van der Waals surface area contributed by atoms with Crippen molar-refractivity contribution in [2.75, 3.05) is 172 Å². The van der Waals surface area contributed by atoms with E-state index in [2.05, 4.69) is 33.9 Å². The summed E-state index contributed by atoms with van der Waals surface area (Å²) in [5.74, 6) is -0.558. The van der Waals surface area contributed by atoms with E-state index in [-0.39, 0.29) is 30.0 Å². The molecule has 0 N–H and O–H groups in total. The number of benzene rings is 1. The Morgan fingerprint density at radius 1 is 0.404 bits per heavy atom. The minimum absolute atomic E-state index is 0.209. The minimum Gasteiger partial charge on any atom is -0.414 e. The van der Waals surface area contributed by atoms with Crippen LogP contribution in [0.4, 0.5) is 0 Å². The van der Waals surface area contributed by atoms with E-state index in [0.717, 1.165) is 0 Å². The molecule has 0 radical (unpaired) electrons. The van der Waals surface area contributed by atoms with E-state index in [1.165, 1.54) is 4.90 Å². The number of ether oxygens (including phenoxy) is 12. The molecule has 1 aromatic carbocycles. The molecule has 0 spiro atoms. The zero-order valence-electron chi connectivity index (χ0n) is 35.3. The molecule has 1 aromatic rings. The number of hydrogen-bond donors (Lipinski definition) is 0. The van der Waals surface area contributed by atoms with Crippen molar-refractivity contribution in [3.8, 4) is 0 Å². The molecule has 0 saturated heterocycles. The molecule has 1 aliphatic rings. The topological polar surface area (TPSA) is 157 Å². The van der Waals surface area contributed by atoms with Gasteiger partial charge >= 0.3 is 0 Å². The Hall–Kier alpha value is -1.94. The summed E-state index contributed by atoms with van der Waals surface area (Å²) >= 11 is 0. The van der Waals surface area contributed by atoms with Crippen LogP contribution in [-0.4, -0.2) is 197 Å². The van der Waals surface area contributed by atoms with Crippen molar-refractivity contribution in [3.05, 3.63) is 35.4 Å². The van der Waals surface area contributed by atoms with E-state index in [1.54, 1.807) is 24.3 Å². The van der Waals surface area contributed by atoms with Gasteiger partial charge in [0.05, 0.1) is 183 Å². The van der Waals surface area contributed by atoms with Crippen LogP contribution in [0.5, 0.6) is 0 Å². The second-order valence-corrected chi connectivity index (χ2v) is 19.1. The lowest BCUT2D eigenvalue weighted by Crippen LogP contribution is -2.41. The summed E-state index contributed by atoms with van der Waals surface area (Å²) in [7, 11) is -1.71. The first-order valence-electron chi connectivity index (χ1n) is 20.2. The van der Waals surface area contributed by atoms with Crippen molar-refractivity contribution in [1.82, 2.24) is 4.90 Å². The van der Waals surface area contributed by atoms with Crippen LogP contribution in [0.1, 0.15) is 41.5 Å². The van der Waals surface area contributed by atoms with Crippen molar-refractivity contribution in [2.24, 2.45) is 0 Å². The Bertz CT molecular complexity index is 1120. The van der Waals surface area contributed by atoms with E-state index in [0.29, 0.717) is 170 Å². The van der Waals surface area contributed by atoms with Gasteiger partial charge in [-0.1, -0.05) is 32.9 Å². The maximum Gasteiger partial charge on any atom is 0.261 e. The number of carbonyl (C=O) groups excluding carboxylic acids is 2. The second kappa shape index (κ2) is 32.9. The quantitative estimate of drug-likeness (QED) is 0.0538. The number of rotatable bonds is 40. The Morgan fingerprint density at radius 2 is 0.632 bits per heavy atom. The third-order valence-corrected chi connectivity index (χ3v) is 13.5. The zero-order valence-corrected chi connectivity index (χ0v) is 36.3. The highest BCUT2D eigenvalue weighted by molar-refractivity contribution is 6.74.